The molecule has 0 atom stereocenters. The Morgan fingerprint density at radius 2 is 2.00 bits per heavy atom. The zero-order valence-corrected chi connectivity index (χ0v) is 14.4. The van der Waals surface area contributed by atoms with Crippen LogP contribution < -0.4 is 0 Å². The molecular weight excluding hydrogens is 290 g/mol. The Labute approximate surface area is 137 Å². The zero-order chi connectivity index (χ0) is 15.4. The largest absolute Gasteiger partial charge is 0.306 e. The van der Waals surface area contributed by atoms with Crippen LogP contribution in [-0.2, 0) is 12.3 Å². The minimum Gasteiger partial charge on any atom is -0.306 e. The predicted molar refractivity (Wildman–Crippen MR) is 92.3 cm³/mol. The van der Waals surface area contributed by atoms with Crippen LogP contribution in [-0.4, -0.2) is 14.8 Å². The molecule has 0 aliphatic heterocycles. The van der Waals surface area contributed by atoms with Crippen LogP contribution >= 0.6 is 11.8 Å². The molecule has 1 aromatic carbocycles. The molecule has 3 nitrogen and oxygen atoms in total. The highest BCUT2D eigenvalue weighted by Gasteiger charge is 2.22. The number of rotatable bonds is 5. The molecule has 0 spiro atoms. The molecule has 0 saturated heterocycles. The lowest BCUT2D eigenvalue weighted by atomic mass is 9.89. The summed E-state index contributed by atoms with van der Waals surface area (Å²) in [7, 11) is 0. The van der Waals surface area contributed by atoms with E-state index in [-0.39, 0.29) is 0 Å². The molecule has 1 aromatic heterocycles. The lowest BCUT2D eigenvalue weighted by Crippen LogP contribution is -2.12. The topological polar surface area (TPSA) is 30.7 Å². The van der Waals surface area contributed by atoms with Crippen molar-refractivity contribution in [2.45, 2.75) is 69.3 Å². The summed E-state index contributed by atoms with van der Waals surface area (Å²) in [5.41, 5.74) is 2.67. The molecule has 3 rings (SSSR count). The van der Waals surface area contributed by atoms with Crippen molar-refractivity contribution in [3.63, 3.8) is 0 Å². The quantitative estimate of drug-likeness (QED) is 0.732. The molecule has 1 aliphatic rings. The summed E-state index contributed by atoms with van der Waals surface area (Å²) in [4.78, 5) is 0. The number of aromatic nitrogens is 3. The molecule has 0 bridgehead atoms. The Bertz CT molecular complexity index is 615. The molecule has 0 unspecified atom stereocenters. The predicted octanol–water partition coefficient (Wildman–Crippen LogP) is 4.95. The van der Waals surface area contributed by atoms with Gasteiger partial charge in [0.15, 0.2) is 5.16 Å². The second kappa shape index (κ2) is 7.32. The van der Waals surface area contributed by atoms with Gasteiger partial charge in [0.2, 0.25) is 0 Å². The third kappa shape index (κ3) is 3.54. The van der Waals surface area contributed by atoms with Gasteiger partial charge in [-0.25, -0.2) is 0 Å². The van der Waals surface area contributed by atoms with Crippen LogP contribution in [0.1, 0.15) is 61.9 Å². The van der Waals surface area contributed by atoms with E-state index in [0.29, 0.717) is 5.92 Å². The van der Waals surface area contributed by atoms with Gasteiger partial charge in [0, 0.05) is 18.2 Å². The molecule has 0 amide bonds. The monoisotopic (exact) mass is 315 g/mol. The average Bonchev–Trinajstić information content (AvgIpc) is 2.97. The third-order valence-electron chi connectivity index (χ3n) is 4.48. The van der Waals surface area contributed by atoms with Crippen LogP contribution in [0, 0.1) is 6.92 Å². The summed E-state index contributed by atoms with van der Waals surface area (Å²) in [6.45, 7) is 5.31. The van der Waals surface area contributed by atoms with Gasteiger partial charge in [-0.05, 0) is 32.3 Å². The second-order valence-electron chi connectivity index (χ2n) is 6.20. The van der Waals surface area contributed by atoms with Crippen molar-refractivity contribution in [3.05, 3.63) is 41.2 Å². The van der Waals surface area contributed by atoms with Gasteiger partial charge in [-0.3, -0.25) is 0 Å². The van der Waals surface area contributed by atoms with Gasteiger partial charge in [0.1, 0.15) is 5.82 Å². The maximum Gasteiger partial charge on any atom is 0.191 e. The zero-order valence-electron chi connectivity index (χ0n) is 13.6. The number of nitrogens with zero attached hydrogens (tertiary/aromatic N) is 3. The summed E-state index contributed by atoms with van der Waals surface area (Å²) in [5, 5.41) is 10.1. The Morgan fingerprint density at radius 3 is 2.73 bits per heavy atom. The minimum absolute atomic E-state index is 0.620. The fraction of sp³-hybridized carbons (Fsp3) is 0.556. The highest BCUT2D eigenvalue weighted by molar-refractivity contribution is 7.98. The van der Waals surface area contributed by atoms with Gasteiger partial charge < -0.3 is 4.57 Å². The second-order valence-corrected chi connectivity index (χ2v) is 7.14. The summed E-state index contributed by atoms with van der Waals surface area (Å²) < 4.78 is 2.33. The molecular formula is C18H25N3S. The van der Waals surface area contributed by atoms with Crippen LogP contribution in [0.3, 0.4) is 0 Å². The number of benzene rings is 1. The molecule has 0 radical (unpaired) electrons. The van der Waals surface area contributed by atoms with Gasteiger partial charge in [-0.15, -0.1) is 10.2 Å². The Hall–Kier alpha value is -1.29. The first kappa shape index (κ1) is 15.6. The van der Waals surface area contributed by atoms with Crippen molar-refractivity contribution in [1.29, 1.82) is 0 Å². The number of thioether (sulfide) groups is 1. The molecule has 0 N–H and O–H groups in total. The number of hydrogen-bond acceptors (Lipinski definition) is 3. The molecule has 22 heavy (non-hydrogen) atoms. The summed E-state index contributed by atoms with van der Waals surface area (Å²) in [5.74, 6) is 2.80. The summed E-state index contributed by atoms with van der Waals surface area (Å²) >= 11 is 1.81. The van der Waals surface area contributed by atoms with E-state index in [1.807, 2.05) is 11.8 Å². The molecule has 1 saturated carbocycles. The van der Waals surface area contributed by atoms with Crippen LogP contribution in [0.4, 0.5) is 0 Å². The van der Waals surface area contributed by atoms with Crippen molar-refractivity contribution in [2.75, 3.05) is 0 Å². The van der Waals surface area contributed by atoms with Crippen molar-refractivity contribution in [1.82, 2.24) is 14.8 Å². The lowest BCUT2D eigenvalue weighted by Gasteiger charge is -2.21. The van der Waals surface area contributed by atoms with Crippen molar-refractivity contribution in [2.24, 2.45) is 0 Å². The first-order valence-corrected chi connectivity index (χ1v) is 9.38. The van der Waals surface area contributed by atoms with Gasteiger partial charge in [0.25, 0.3) is 0 Å². The van der Waals surface area contributed by atoms with Gasteiger partial charge in [-0.1, -0.05) is 60.9 Å². The summed E-state index contributed by atoms with van der Waals surface area (Å²) in [6.07, 6.45) is 6.62. The third-order valence-corrected chi connectivity index (χ3v) is 5.52. The number of aryl methyl sites for hydroxylation is 1. The van der Waals surface area contributed by atoms with Crippen molar-refractivity contribution >= 4 is 11.8 Å². The van der Waals surface area contributed by atoms with E-state index in [1.54, 1.807) is 0 Å². The van der Waals surface area contributed by atoms with E-state index < -0.39 is 0 Å². The van der Waals surface area contributed by atoms with E-state index in [4.69, 9.17) is 0 Å². The van der Waals surface area contributed by atoms with Crippen LogP contribution in [0.2, 0.25) is 0 Å². The van der Waals surface area contributed by atoms with Crippen molar-refractivity contribution in [3.8, 4) is 0 Å². The van der Waals surface area contributed by atoms with Crippen molar-refractivity contribution < 1.29 is 0 Å². The lowest BCUT2D eigenvalue weighted by molar-refractivity contribution is 0.413. The highest BCUT2D eigenvalue weighted by atomic mass is 32.2. The normalized spacial score (nSPS) is 16.1. The molecule has 1 heterocycles. The summed E-state index contributed by atoms with van der Waals surface area (Å²) in [6, 6.07) is 8.71. The fourth-order valence-corrected chi connectivity index (χ4v) is 4.27. The minimum atomic E-state index is 0.620. The SMILES string of the molecule is CCn1c(SCc2cccc(C)c2)nnc1C1CCCCC1. The first-order chi connectivity index (χ1) is 10.8. The maximum atomic E-state index is 4.53. The smallest absolute Gasteiger partial charge is 0.191 e. The average molecular weight is 315 g/mol. The maximum absolute atomic E-state index is 4.53. The Morgan fingerprint density at radius 1 is 1.18 bits per heavy atom. The van der Waals surface area contributed by atoms with Crippen LogP contribution in [0.15, 0.2) is 29.4 Å². The molecule has 1 aliphatic carbocycles. The highest BCUT2D eigenvalue weighted by Crippen LogP contribution is 2.33. The molecule has 1 fully saturated rings. The molecule has 4 heteroatoms. The van der Waals surface area contributed by atoms with E-state index in [9.17, 15) is 0 Å². The van der Waals surface area contributed by atoms with Crippen LogP contribution in [0.5, 0.6) is 0 Å². The van der Waals surface area contributed by atoms with Gasteiger partial charge in [0.05, 0.1) is 0 Å². The van der Waals surface area contributed by atoms with E-state index in [1.165, 1.54) is 49.1 Å². The van der Waals surface area contributed by atoms with Gasteiger partial charge in [-0.2, -0.15) is 0 Å². The van der Waals surface area contributed by atoms with Crippen LogP contribution in [0.25, 0.3) is 0 Å². The Kier molecular flexibility index (Phi) is 5.19. The molecule has 2 aromatic rings. The number of hydrogen-bond donors (Lipinski definition) is 0. The van der Waals surface area contributed by atoms with E-state index >= 15 is 0 Å². The fourth-order valence-electron chi connectivity index (χ4n) is 3.32. The standard InChI is InChI=1S/C18H25N3S/c1-3-21-17(16-10-5-4-6-11-16)19-20-18(21)22-13-15-9-7-8-14(2)12-15/h7-9,12,16H,3-6,10-11,13H2,1-2H3. The van der Waals surface area contributed by atoms with E-state index in [2.05, 4.69) is 52.9 Å². The molecule has 118 valence electrons. The first-order valence-electron chi connectivity index (χ1n) is 8.39. The van der Waals surface area contributed by atoms with Gasteiger partial charge >= 0.3 is 0 Å². The van der Waals surface area contributed by atoms with E-state index in [0.717, 1.165) is 17.5 Å². The Balaban J connectivity index is 1.72.